The molecule has 2 aliphatic rings. The van der Waals surface area contributed by atoms with Gasteiger partial charge in [-0.2, -0.15) is 0 Å². The van der Waals surface area contributed by atoms with E-state index in [4.69, 9.17) is 0 Å². The van der Waals surface area contributed by atoms with Crippen molar-refractivity contribution >= 4 is 39.5 Å². The highest BCUT2D eigenvalue weighted by Crippen LogP contribution is 2.46. The van der Waals surface area contributed by atoms with E-state index in [0.29, 0.717) is 17.3 Å². The molecule has 1 aromatic rings. The van der Waals surface area contributed by atoms with Gasteiger partial charge in [0.2, 0.25) is 5.91 Å². The lowest BCUT2D eigenvalue weighted by Crippen LogP contribution is -2.66. The quantitative estimate of drug-likeness (QED) is 0.798. The van der Waals surface area contributed by atoms with Crippen molar-refractivity contribution in [2.75, 3.05) is 4.90 Å². The summed E-state index contributed by atoms with van der Waals surface area (Å²) in [6.45, 7) is 0. The third-order valence-electron chi connectivity index (χ3n) is 3.83. The molecule has 104 valence electrons. The summed E-state index contributed by atoms with van der Waals surface area (Å²) >= 11 is 3.19. The Morgan fingerprint density at radius 3 is 2.55 bits per heavy atom. The molecule has 0 atom stereocenters. The molecule has 20 heavy (non-hydrogen) atoms. The number of halogens is 2. The zero-order chi connectivity index (χ0) is 14.5. The van der Waals surface area contributed by atoms with Gasteiger partial charge >= 0.3 is 6.03 Å². The van der Waals surface area contributed by atoms with Crippen molar-refractivity contribution in [1.82, 2.24) is 5.32 Å². The summed E-state index contributed by atoms with van der Waals surface area (Å²) in [6.07, 6.45) is 1.58. The molecule has 1 saturated carbocycles. The zero-order valence-electron chi connectivity index (χ0n) is 10.3. The van der Waals surface area contributed by atoms with Crippen LogP contribution in [0.25, 0.3) is 0 Å². The van der Waals surface area contributed by atoms with Crippen molar-refractivity contribution in [1.29, 1.82) is 0 Å². The molecule has 1 aliphatic heterocycles. The smallest absolute Gasteiger partial charge is 0.276 e. The molecule has 1 spiro atoms. The van der Waals surface area contributed by atoms with Gasteiger partial charge in [0.25, 0.3) is 5.91 Å². The molecule has 0 bridgehead atoms. The number of barbiturate groups is 1. The summed E-state index contributed by atoms with van der Waals surface area (Å²) in [4.78, 5) is 37.2. The molecule has 1 N–H and O–H groups in total. The van der Waals surface area contributed by atoms with E-state index in [2.05, 4.69) is 21.2 Å². The fourth-order valence-corrected chi connectivity index (χ4v) is 2.95. The van der Waals surface area contributed by atoms with Gasteiger partial charge in [-0.05, 0) is 47.0 Å². The normalized spacial score (nSPS) is 20.9. The third-order valence-corrected chi connectivity index (χ3v) is 4.50. The molecule has 1 heterocycles. The van der Waals surface area contributed by atoms with E-state index in [9.17, 15) is 18.8 Å². The van der Waals surface area contributed by atoms with Gasteiger partial charge in [-0.25, -0.2) is 14.1 Å². The summed E-state index contributed by atoms with van der Waals surface area (Å²) in [5, 5.41) is 2.18. The van der Waals surface area contributed by atoms with Crippen molar-refractivity contribution in [3.8, 4) is 0 Å². The summed E-state index contributed by atoms with van der Waals surface area (Å²) in [5.74, 6) is -1.70. The molecular formula is C13H10BrFN2O3. The number of carbonyl (C=O) groups is 3. The Bertz CT molecular complexity index is 643. The number of hydrogen-bond donors (Lipinski definition) is 1. The number of urea groups is 1. The second kappa shape index (κ2) is 4.37. The number of rotatable bonds is 1. The van der Waals surface area contributed by atoms with Crippen LogP contribution in [0.5, 0.6) is 0 Å². The lowest BCUT2D eigenvalue weighted by atomic mass is 9.66. The summed E-state index contributed by atoms with van der Waals surface area (Å²) in [6, 6.07) is 2.87. The molecule has 4 amide bonds. The molecule has 0 radical (unpaired) electrons. The van der Waals surface area contributed by atoms with Gasteiger partial charge < -0.3 is 0 Å². The van der Waals surface area contributed by atoms with Crippen LogP contribution in [0.4, 0.5) is 14.9 Å². The Hall–Kier alpha value is -1.76. The van der Waals surface area contributed by atoms with Crippen molar-refractivity contribution in [3.05, 3.63) is 28.5 Å². The number of nitrogens with zero attached hydrogens (tertiary/aromatic N) is 1. The minimum atomic E-state index is -1.17. The highest BCUT2D eigenvalue weighted by Gasteiger charge is 2.57. The largest absolute Gasteiger partial charge is 0.335 e. The number of hydrogen-bond acceptors (Lipinski definition) is 3. The maximum absolute atomic E-state index is 13.4. The first kappa shape index (κ1) is 13.2. The summed E-state index contributed by atoms with van der Waals surface area (Å²) in [7, 11) is 0. The first-order valence-electron chi connectivity index (χ1n) is 6.11. The molecule has 1 saturated heterocycles. The topological polar surface area (TPSA) is 66.5 Å². The maximum Gasteiger partial charge on any atom is 0.335 e. The Labute approximate surface area is 122 Å². The van der Waals surface area contributed by atoms with Crippen LogP contribution in [0.1, 0.15) is 19.3 Å². The number of anilines is 1. The fraction of sp³-hybridized carbons (Fsp3) is 0.308. The SMILES string of the molecule is O=C1NC(=O)C2(CCC2)C(=O)N1c1cc(F)ccc1Br. The monoisotopic (exact) mass is 340 g/mol. The summed E-state index contributed by atoms with van der Waals surface area (Å²) < 4.78 is 13.8. The Balaban J connectivity index is 2.08. The predicted molar refractivity (Wildman–Crippen MR) is 71.4 cm³/mol. The molecule has 1 aromatic carbocycles. The number of benzene rings is 1. The first-order valence-corrected chi connectivity index (χ1v) is 6.90. The Morgan fingerprint density at radius 1 is 1.25 bits per heavy atom. The van der Waals surface area contributed by atoms with Crippen LogP contribution in [-0.4, -0.2) is 17.8 Å². The molecule has 5 nitrogen and oxygen atoms in total. The van der Waals surface area contributed by atoms with Crippen LogP contribution in [0.2, 0.25) is 0 Å². The van der Waals surface area contributed by atoms with Gasteiger partial charge in [0, 0.05) is 4.47 Å². The maximum atomic E-state index is 13.4. The standard InChI is InChI=1S/C13H10BrFN2O3/c14-8-3-2-7(15)6-9(8)17-11(19)13(4-1-5-13)10(18)16-12(17)20/h2-3,6H,1,4-5H2,(H,16,18,20). The van der Waals surface area contributed by atoms with Crippen LogP contribution in [0.15, 0.2) is 22.7 Å². The summed E-state index contributed by atoms with van der Waals surface area (Å²) in [5.41, 5.74) is -1.06. The van der Waals surface area contributed by atoms with Gasteiger partial charge in [0.05, 0.1) is 5.69 Å². The van der Waals surface area contributed by atoms with Gasteiger partial charge in [-0.1, -0.05) is 6.42 Å². The molecule has 3 rings (SSSR count). The lowest BCUT2D eigenvalue weighted by Gasteiger charge is -2.44. The van der Waals surface area contributed by atoms with Crippen molar-refractivity contribution in [3.63, 3.8) is 0 Å². The van der Waals surface area contributed by atoms with Gasteiger partial charge in [0.1, 0.15) is 11.2 Å². The number of imide groups is 2. The molecular weight excluding hydrogens is 331 g/mol. The van der Waals surface area contributed by atoms with Crippen LogP contribution < -0.4 is 10.2 Å². The van der Waals surface area contributed by atoms with Crippen LogP contribution in [0, 0.1) is 11.2 Å². The molecule has 0 unspecified atom stereocenters. The van der Waals surface area contributed by atoms with Crippen LogP contribution >= 0.6 is 15.9 Å². The highest BCUT2D eigenvalue weighted by atomic mass is 79.9. The van der Waals surface area contributed by atoms with E-state index in [-0.39, 0.29) is 5.69 Å². The van der Waals surface area contributed by atoms with E-state index in [1.165, 1.54) is 12.1 Å². The second-order valence-electron chi connectivity index (χ2n) is 4.93. The van der Waals surface area contributed by atoms with Crippen molar-refractivity contribution in [2.24, 2.45) is 5.41 Å². The van der Waals surface area contributed by atoms with E-state index in [1.54, 1.807) is 0 Å². The molecule has 1 aliphatic carbocycles. The minimum absolute atomic E-state index is 0.103. The van der Waals surface area contributed by atoms with Gasteiger partial charge in [0.15, 0.2) is 0 Å². The van der Waals surface area contributed by atoms with E-state index in [0.717, 1.165) is 17.4 Å². The lowest BCUT2D eigenvalue weighted by molar-refractivity contribution is -0.148. The highest BCUT2D eigenvalue weighted by molar-refractivity contribution is 9.10. The van der Waals surface area contributed by atoms with Crippen LogP contribution in [-0.2, 0) is 9.59 Å². The fourth-order valence-electron chi connectivity index (χ4n) is 2.52. The predicted octanol–water partition coefficient (Wildman–Crippen LogP) is 2.34. The molecule has 0 aromatic heterocycles. The van der Waals surface area contributed by atoms with Gasteiger partial charge in [-0.15, -0.1) is 0 Å². The first-order chi connectivity index (χ1) is 9.45. The Kier molecular flexibility index (Phi) is 2.89. The van der Waals surface area contributed by atoms with E-state index < -0.39 is 29.1 Å². The van der Waals surface area contributed by atoms with E-state index >= 15 is 0 Å². The average molecular weight is 341 g/mol. The number of amides is 4. The van der Waals surface area contributed by atoms with Crippen molar-refractivity contribution < 1.29 is 18.8 Å². The second-order valence-corrected chi connectivity index (χ2v) is 5.79. The van der Waals surface area contributed by atoms with E-state index in [1.807, 2.05) is 0 Å². The van der Waals surface area contributed by atoms with Gasteiger partial charge in [-0.3, -0.25) is 14.9 Å². The van der Waals surface area contributed by atoms with Crippen LogP contribution in [0.3, 0.4) is 0 Å². The number of carbonyl (C=O) groups excluding carboxylic acids is 3. The minimum Gasteiger partial charge on any atom is -0.276 e. The number of nitrogens with one attached hydrogen (secondary N) is 1. The zero-order valence-corrected chi connectivity index (χ0v) is 11.9. The molecule has 7 heteroatoms. The van der Waals surface area contributed by atoms with Crippen molar-refractivity contribution in [2.45, 2.75) is 19.3 Å². The Morgan fingerprint density at radius 2 is 1.95 bits per heavy atom. The molecule has 2 fully saturated rings. The average Bonchev–Trinajstić information content (AvgIpc) is 2.31. The third kappa shape index (κ3) is 1.69.